The molecule has 0 aliphatic heterocycles. The van der Waals surface area contributed by atoms with Gasteiger partial charge in [-0.05, 0) is 45.8 Å². The molecular weight excluding hydrogens is 348 g/mol. The number of carbonyl (C=O) groups is 1. The Labute approximate surface area is 160 Å². The molecule has 0 aliphatic rings. The average molecular weight is 378 g/mol. The van der Waals surface area contributed by atoms with Gasteiger partial charge in [0.1, 0.15) is 6.10 Å². The zero-order valence-corrected chi connectivity index (χ0v) is 16.9. The number of hydrogen-bond acceptors (Lipinski definition) is 6. The Balaban J connectivity index is 3.26. The van der Waals surface area contributed by atoms with Crippen LogP contribution in [0.15, 0.2) is 30.4 Å². The van der Waals surface area contributed by atoms with E-state index in [0.717, 1.165) is 0 Å². The Hall–Kier alpha value is -2.31. The van der Waals surface area contributed by atoms with Gasteiger partial charge in [0.15, 0.2) is 11.5 Å². The van der Waals surface area contributed by atoms with Crippen molar-refractivity contribution in [3.8, 4) is 11.5 Å². The van der Waals surface area contributed by atoms with Crippen molar-refractivity contribution in [3.63, 3.8) is 0 Å². The second kappa shape index (κ2) is 9.06. The highest BCUT2D eigenvalue weighted by atomic mass is 16.5. The summed E-state index contributed by atoms with van der Waals surface area (Å²) in [6.07, 6.45) is -0.266. The van der Waals surface area contributed by atoms with Crippen molar-refractivity contribution in [2.45, 2.75) is 58.8 Å². The van der Waals surface area contributed by atoms with E-state index >= 15 is 0 Å². The third-order valence-electron chi connectivity index (χ3n) is 4.86. The number of methoxy groups -OCH3 is 1. The van der Waals surface area contributed by atoms with Crippen LogP contribution in [0.25, 0.3) is 5.57 Å². The maximum atomic E-state index is 12.3. The fourth-order valence-electron chi connectivity index (χ4n) is 2.34. The second-order valence-electron chi connectivity index (χ2n) is 7.08. The summed E-state index contributed by atoms with van der Waals surface area (Å²) in [5.41, 5.74) is 0.549. The van der Waals surface area contributed by atoms with Crippen LogP contribution in [-0.4, -0.2) is 46.2 Å². The number of esters is 1. The summed E-state index contributed by atoms with van der Waals surface area (Å²) in [6, 6.07) is 3.21. The number of carbonyl (C=O) groups excluding carboxylic acids is 1. The summed E-state index contributed by atoms with van der Waals surface area (Å²) in [5, 5.41) is 30.8. The minimum Gasteiger partial charge on any atom is -0.504 e. The van der Waals surface area contributed by atoms with Crippen LogP contribution < -0.4 is 0 Å². The molecule has 0 bridgehead atoms. The number of aromatic hydroxyl groups is 2. The molecule has 0 heterocycles. The van der Waals surface area contributed by atoms with E-state index in [1.165, 1.54) is 7.11 Å². The molecule has 1 aromatic rings. The number of allylic oxidation sites excluding steroid dienone is 1. The lowest BCUT2D eigenvalue weighted by Crippen LogP contribution is -2.41. The van der Waals surface area contributed by atoms with Crippen molar-refractivity contribution in [1.82, 2.24) is 0 Å². The number of phenolic OH excluding ortho intramolecular Hbond substituents is 2. The largest absolute Gasteiger partial charge is 0.504 e. The lowest BCUT2D eigenvalue weighted by molar-refractivity contribution is -0.145. The standard InChI is InChI=1S/C21H30O6/c1-8-12(2)20(25)27-16(11-17(22)21(5,6)26-7)14(4)15-10-9-13(3)18(23)19(15)24/h8-10,16-17,22-24H,4,11H2,1-3,5-7H3/b12-8-/t16-,17-/m1/s1. The minimum absolute atomic E-state index is 0.0104. The monoisotopic (exact) mass is 378 g/mol. The number of phenols is 2. The van der Waals surface area contributed by atoms with Crippen LogP contribution in [0, 0.1) is 6.92 Å². The van der Waals surface area contributed by atoms with Gasteiger partial charge in [0.25, 0.3) is 0 Å². The van der Waals surface area contributed by atoms with Crippen LogP contribution in [0.2, 0.25) is 0 Å². The number of aliphatic hydroxyl groups is 1. The van der Waals surface area contributed by atoms with Crippen molar-refractivity contribution in [2.24, 2.45) is 0 Å². The highest BCUT2D eigenvalue weighted by molar-refractivity contribution is 5.89. The lowest BCUT2D eigenvalue weighted by atomic mass is 9.90. The second-order valence-corrected chi connectivity index (χ2v) is 7.08. The molecule has 0 spiro atoms. The molecule has 150 valence electrons. The first-order valence-electron chi connectivity index (χ1n) is 8.74. The van der Waals surface area contributed by atoms with Gasteiger partial charge in [0.05, 0.1) is 11.7 Å². The molecule has 0 saturated carbocycles. The summed E-state index contributed by atoms with van der Waals surface area (Å²) in [5.74, 6) is -1.16. The fourth-order valence-corrected chi connectivity index (χ4v) is 2.34. The van der Waals surface area contributed by atoms with E-state index in [-0.39, 0.29) is 29.1 Å². The number of benzene rings is 1. The van der Waals surface area contributed by atoms with E-state index in [1.807, 2.05) is 0 Å². The molecule has 2 atom stereocenters. The van der Waals surface area contributed by atoms with Gasteiger partial charge in [-0.25, -0.2) is 4.79 Å². The first-order valence-corrected chi connectivity index (χ1v) is 8.74. The maximum Gasteiger partial charge on any atom is 0.333 e. The van der Waals surface area contributed by atoms with E-state index in [9.17, 15) is 20.1 Å². The zero-order chi connectivity index (χ0) is 20.9. The molecule has 0 aliphatic carbocycles. The van der Waals surface area contributed by atoms with E-state index in [2.05, 4.69) is 6.58 Å². The molecule has 1 rings (SSSR count). The summed E-state index contributed by atoms with van der Waals surface area (Å²) in [4.78, 5) is 12.3. The fraction of sp³-hybridized carbons (Fsp3) is 0.476. The predicted octanol–water partition coefficient (Wildman–Crippen LogP) is 3.47. The van der Waals surface area contributed by atoms with E-state index in [4.69, 9.17) is 9.47 Å². The van der Waals surface area contributed by atoms with Crippen LogP contribution in [0.3, 0.4) is 0 Å². The lowest BCUT2D eigenvalue weighted by Gasteiger charge is -2.32. The number of hydrogen-bond donors (Lipinski definition) is 3. The third kappa shape index (κ3) is 5.34. The third-order valence-corrected chi connectivity index (χ3v) is 4.86. The van der Waals surface area contributed by atoms with Gasteiger partial charge in [0, 0.05) is 24.7 Å². The Morgan fingerprint density at radius 3 is 2.41 bits per heavy atom. The van der Waals surface area contributed by atoms with Crippen molar-refractivity contribution >= 4 is 11.5 Å². The van der Waals surface area contributed by atoms with Gasteiger partial charge in [-0.3, -0.25) is 0 Å². The van der Waals surface area contributed by atoms with E-state index < -0.39 is 23.8 Å². The number of rotatable bonds is 8. The molecule has 3 N–H and O–H groups in total. The van der Waals surface area contributed by atoms with Crippen LogP contribution in [0.4, 0.5) is 0 Å². The SMILES string of the molecule is C=C(c1ccc(C)c(O)c1O)[C@@H](C[C@@H](O)C(C)(C)OC)OC(=O)/C(C)=C\C. The molecule has 27 heavy (non-hydrogen) atoms. The topological polar surface area (TPSA) is 96.2 Å². The molecule has 0 fully saturated rings. The number of ether oxygens (including phenoxy) is 2. The van der Waals surface area contributed by atoms with Crippen molar-refractivity contribution in [3.05, 3.63) is 41.5 Å². The Morgan fingerprint density at radius 2 is 1.89 bits per heavy atom. The average Bonchev–Trinajstić information content (AvgIpc) is 2.64. The molecule has 0 saturated heterocycles. The maximum absolute atomic E-state index is 12.3. The highest BCUT2D eigenvalue weighted by Crippen LogP contribution is 2.38. The summed E-state index contributed by atoms with van der Waals surface area (Å²) >= 11 is 0. The molecular formula is C21H30O6. The zero-order valence-electron chi connectivity index (χ0n) is 16.9. The first-order chi connectivity index (χ1) is 12.5. The van der Waals surface area contributed by atoms with Gasteiger partial charge in [0.2, 0.25) is 0 Å². The molecule has 0 unspecified atom stereocenters. The highest BCUT2D eigenvalue weighted by Gasteiger charge is 2.33. The molecule has 0 radical (unpaired) electrons. The molecule has 1 aromatic carbocycles. The minimum atomic E-state index is -0.968. The van der Waals surface area contributed by atoms with E-state index in [0.29, 0.717) is 11.1 Å². The summed E-state index contributed by atoms with van der Waals surface area (Å²) in [7, 11) is 1.48. The first kappa shape index (κ1) is 22.7. The van der Waals surface area contributed by atoms with Gasteiger partial charge >= 0.3 is 5.97 Å². The number of aliphatic hydroxyl groups excluding tert-OH is 1. The van der Waals surface area contributed by atoms with Gasteiger partial charge in [-0.1, -0.05) is 24.8 Å². The Bertz CT molecular complexity index is 732. The van der Waals surface area contributed by atoms with Gasteiger partial charge < -0.3 is 24.8 Å². The Kier molecular flexibility index (Phi) is 7.63. The van der Waals surface area contributed by atoms with Crippen molar-refractivity contribution in [2.75, 3.05) is 7.11 Å². The molecule has 6 nitrogen and oxygen atoms in total. The summed E-state index contributed by atoms with van der Waals surface area (Å²) in [6.45, 7) is 12.3. The smallest absolute Gasteiger partial charge is 0.333 e. The normalized spacial score (nSPS) is 14.6. The molecule has 0 amide bonds. The van der Waals surface area contributed by atoms with Crippen LogP contribution in [0.5, 0.6) is 11.5 Å². The molecule has 6 heteroatoms. The van der Waals surface area contributed by atoms with Crippen molar-refractivity contribution < 1.29 is 29.6 Å². The van der Waals surface area contributed by atoms with Crippen LogP contribution in [0.1, 0.15) is 45.2 Å². The van der Waals surface area contributed by atoms with Crippen LogP contribution >= 0.6 is 0 Å². The van der Waals surface area contributed by atoms with Crippen LogP contribution in [-0.2, 0) is 14.3 Å². The predicted molar refractivity (Wildman–Crippen MR) is 105 cm³/mol. The molecule has 0 aromatic heterocycles. The summed E-state index contributed by atoms with van der Waals surface area (Å²) < 4.78 is 10.8. The van der Waals surface area contributed by atoms with Gasteiger partial charge in [-0.15, -0.1) is 0 Å². The number of aryl methyl sites for hydroxylation is 1. The van der Waals surface area contributed by atoms with E-state index in [1.54, 1.807) is 52.8 Å². The van der Waals surface area contributed by atoms with Crippen molar-refractivity contribution in [1.29, 1.82) is 0 Å². The Morgan fingerprint density at radius 1 is 1.30 bits per heavy atom. The quantitative estimate of drug-likeness (QED) is 0.364. The van der Waals surface area contributed by atoms with Gasteiger partial charge in [-0.2, -0.15) is 0 Å².